The van der Waals surface area contributed by atoms with Crippen LogP contribution < -0.4 is 15.0 Å². The zero-order valence-corrected chi connectivity index (χ0v) is 14.7. The maximum atomic E-state index is 12.6. The van der Waals surface area contributed by atoms with Crippen LogP contribution in [-0.4, -0.2) is 25.0 Å². The van der Waals surface area contributed by atoms with E-state index in [4.69, 9.17) is 16.3 Å². The van der Waals surface area contributed by atoms with Crippen molar-refractivity contribution in [1.82, 2.24) is 0 Å². The molecule has 0 atom stereocenters. The molecule has 130 valence electrons. The second-order valence-electron chi connectivity index (χ2n) is 5.70. The highest BCUT2D eigenvalue weighted by atomic mass is 35.5. The van der Waals surface area contributed by atoms with Crippen molar-refractivity contribution in [3.8, 4) is 5.75 Å². The van der Waals surface area contributed by atoms with E-state index in [0.29, 0.717) is 41.6 Å². The summed E-state index contributed by atoms with van der Waals surface area (Å²) in [5.41, 5.74) is 1.73. The highest BCUT2D eigenvalue weighted by Gasteiger charge is 2.22. The quantitative estimate of drug-likeness (QED) is 0.874. The summed E-state index contributed by atoms with van der Waals surface area (Å²) in [4.78, 5) is 26.2. The first-order chi connectivity index (χ1) is 12.1. The second-order valence-corrected chi connectivity index (χ2v) is 6.11. The number of nitrogens with zero attached hydrogens (tertiary/aromatic N) is 1. The molecule has 1 N–H and O–H groups in total. The first kappa shape index (κ1) is 17.3. The van der Waals surface area contributed by atoms with Gasteiger partial charge in [-0.3, -0.25) is 9.59 Å². The fraction of sp³-hybridized carbons (Fsp3) is 0.263. The lowest BCUT2D eigenvalue weighted by molar-refractivity contribution is -0.117. The van der Waals surface area contributed by atoms with E-state index in [1.807, 2.05) is 13.0 Å². The summed E-state index contributed by atoms with van der Waals surface area (Å²) in [6.45, 7) is 2.98. The first-order valence-electron chi connectivity index (χ1n) is 8.23. The molecule has 1 fully saturated rings. The molecule has 6 heteroatoms. The first-order valence-corrected chi connectivity index (χ1v) is 8.61. The normalized spacial score (nSPS) is 13.8. The molecule has 0 unspecified atom stereocenters. The van der Waals surface area contributed by atoms with Crippen LogP contribution in [0.3, 0.4) is 0 Å². The smallest absolute Gasteiger partial charge is 0.255 e. The number of hydrogen-bond donors (Lipinski definition) is 1. The Hall–Kier alpha value is -2.53. The standard InChI is InChI=1S/C19H19ClN2O3/c1-2-25-18-15(20)8-4-9-16(18)21-19(24)13-6-3-7-14(12-13)22-11-5-10-17(22)23/h3-4,6-9,12H,2,5,10-11H2,1H3,(H,21,24). The SMILES string of the molecule is CCOc1c(Cl)cccc1NC(=O)c1cccc(N2CCCC2=O)c1. The zero-order valence-electron chi connectivity index (χ0n) is 13.9. The minimum absolute atomic E-state index is 0.0889. The highest BCUT2D eigenvalue weighted by Crippen LogP contribution is 2.33. The maximum absolute atomic E-state index is 12.6. The molecule has 0 spiro atoms. The van der Waals surface area contributed by atoms with Crippen molar-refractivity contribution in [3.05, 3.63) is 53.1 Å². The van der Waals surface area contributed by atoms with Gasteiger partial charge in [0.05, 0.1) is 17.3 Å². The summed E-state index contributed by atoms with van der Waals surface area (Å²) in [7, 11) is 0. The van der Waals surface area contributed by atoms with Gasteiger partial charge >= 0.3 is 0 Å². The number of hydrogen-bond acceptors (Lipinski definition) is 3. The Balaban J connectivity index is 1.83. The molecule has 1 aliphatic heterocycles. The van der Waals surface area contributed by atoms with Crippen LogP contribution in [-0.2, 0) is 4.79 Å². The third kappa shape index (κ3) is 3.77. The molecule has 0 radical (unpaired) electrons. The Morgan fingerprint density at radius 1 is 1.28 bits per heavy atom. The number of nitrogens with one attached hydrogen (secondary N) is 1. The van der Waals surface area contributed by atoms with Gasteiger partial charge in [0, 0.05) is 24.2 Å². The van der Waals surface area contributed by atoms with Gasteiger partial charge in [-0.05, 0) is 43.7 Å². The Morgan fingerprint density at radius 3 is 2.80 bits per heavy atom. The molecule has 2 amide bonds. The molecule has 0 saturated carbocycles. The van der Waals surface area contributed by atoms with Gasteiger partial charge in [-0.15, -0.1) is 0 Å². The number of carbonyl (C=O) groups is 2. The predicted octanol–water partition coefficient (Wildman–Crippen LogP) is 4.12. The third-order valence-corrected chi connectivity index (χ3v) is 4.29. The summed E-state index contributed by atoms with van der Waals surface area (Å²) in [6.07, 6.45) is 1.39. The van der Waals surface area contributed by atoms with Crippen LogP contribution in [0.15, 0.2) is 42.5 Å². The Morgan fingerprint density at radius 2 is 2.08 bits per heavy atom. The van der Waals surface area contributed by atoms with E-state index in [9.17, 15) is 9.59 Å². The summed E-state index contributed by atoms with van der Waals surface area (Å²) in [5.74, 6) is 0.258. The number of rotatable bonds is 5. The number of carbonyl (C=O) groups excluding carboxylic acids is 2. The number of halogens is 1. The van der Waals surface area contributed by atoms with Crippen LogP contribution in [0, 0.1) is 0 Å². The molecule has 0 bridgehead atoms. The van der Waals surface area contributed by atoms with Crippen molar-refractivity contribution in [1.29, 1.82) is 0 Å². The summed E-state index contributed by atoms with van der Waals surface area (Å²) < 4.78 is 5.52. The van der Waals surface area contributed by atoms with Gasteiger partial charge in [-0.2, -0.15) is 0 Å². The molecule has 0 aromatic heterocycles. The van der Waals surface area contributed by atoms with Crippen LogP contribution in [0.1, 0.15) is 30.1 Å². The predicted molar refractivity (Wildman–Crippen MR) is 98.6 cm³/mol. The van der Waals surface area contributed by atoms with Gasteiger partial charge in [-0.25, -0.2) is 0 Å². The van der Waals surface area contributed by atoms with E-state index in [2.05, 4.69) is 5.32 Å². The third-order valence-electron chi connectivity index (χ3n) is 4.00. The number of amides is 2. The number of anilines is 2. The average Bonchev–Trinajstić information content (AvgIpc) is 3.04. The molecule has 1 heterocycles. The lowest BCUT2D eigenvalue weighted by Gasteiger charge is -2.17. The van der Waals surface area contributed by atoms with E-state index in [0.717, 1.165) is 12.1 Å². The minimum atomic E-state index is -0.281. The van der Waals surface area contributed by atoms with Crippen LogP contribution in [0.25, 0.3) is 0 Å². The minimum Gasteiger partial charge on any atom is -0.490 e. The van der Waals surface area contributed by atoms with Crippen molar-refractivity contribution in [2.45, 2.75) is 19.8 Å². The van der Waals surface area contributed by atoms with E-state index in [1.165, 1.54) is 0 Å². The Kier molecular flexibility index (Phi) is 5.24. The molecular formula is C19H19ClN2O3. The monoisotopic (exact) mass is 358 g/mol. The molecule has 3 rings (SSSR count). The molecule has 1 aliphatic rings. The van der Waals surface area contributed by atoms with Crippen LogP contribution in [0.5, 0.6) is 5.75 Å². The van der Waals surface area contributed by atoms with E-state index in [-0.39, 0.29) is 11.8 Å². The topological polar surface area (TPSA) is 58.6 Å². The second kappa shape index (κ2) is 7.57. The number of ether oxygens (including phenoxy) is 1. The van der Waals surface area contributed by atoms with Crippen molar-refractivity contribution in [3.63, 3.8) is 0 Å². The van der Waals surface area contributed by atoms with Crippen molar-refractivity contribution < 1.29 is 14.3 Å². The lowest BCUT2D eigenvalue weighted by Crippen LogP contribution is -2.24. The molecule has 2 aromatic carbocycles. The number of benzene rings is 2. The summed E-state index contributed by atoms with van der Waals surface area (Å²) in [6, 6.07) is 12.3. The van der Waals surface area contributed by atoms with Gasteiger partial charge in [0.25, 0.3) is 5.91 Å². The molecule has 0 aliphatic carbocycles. The van der Waals surface area contributed by atoms with Crippen molar-refractivity contribution in [2.75, 3.05) is 23.4 Å². The average molecular weight is 359 g/mol. The van der Waals surface area contributed by atoms with Crippen LogP contribution >= 0.6 is 11.6 Å². The summed E-state index contributed by atoms with van der Waals surface area (Å²) in [5, 5.41) is 3.27. The van der Waals surface area contributed by atoms with Gasteiger partial charge < -0.3 is 15.0 Å². The van der Waals surface area contributed by atoms with Crippen molar-refractivity contribution >= 4 is 34.8 Å². The van der Waals surface area contributed by atoms with Crippen molar-refractivity contribution in [2.24, 2.45) is 0 Å². The zero-order chi connectivity index (χ0) is 17.8. The van der Waals surface area contributed by atoms with Gasteiger partial charge in [0.2, 0.25) is 5.91 Å². The van der Waals surface area contributed by atoms with Gasteiger partial charge in [-0.1, -0.05) is 23.7 Å². The van der Waals surface area contributed by atoms with Gasteiger partial charge in [0.1, 0.15) is 0 Å². The molecule has 2 aromatic rings. The van der Waals surface area contributed by atoms with E-state index in [1.54, 1.807) is 41.3 Å². The maximum Gasteiger partial charge on any atom is 0.255 e. The summed E-state index contributed by atoms with van der Waals surface area (Å²) >= 11 is 6.14. The molecule has 1 saturated heterocycles. The number of para-hydroxylation sites is 1. The van der Waals surface area contributed by atoms with E-state index >= 15 is 0 Å². The van der Waals surface area contributed by atoms with Crippen LogP contribution in [0.4, 0.5) is 11.4 Å². The fourth-order valence-electron chi connectivity index (χ4n) is 2.83. The lowest BCUT2D eigenvalue weighted by atomic mass is 10.1. The largest absolute Gasteiger partial charge is 0.490 e. The molecular weight excluding hydrogens is 340 g/mol. The molecule has 5 nitrogen and oxygen atoms in total. The van der Waals surface area contributed by atoms with Crippen LogP contribution in [0.2, 0.25) is 5.02 Å². The fourth-order valence-corrected chi connectivity index (χ4v) is 3.06. The highest BCUT2D eigenvalue weighted by molar-refractivity contribution is 6.32. The Labute approximate surface area is 151 Å². The Bertz CT molecular complexity index is 807. The molecule has 25 heavy (non-hydrogen) atoms. The van der Waals surface area contributed by atoms with E-state index < -0.39 is 0 Å². The van der Waals surface area contributed by atoms with Gasteiger partial charge in [0.15, 0.2) is 5.75 Å².